The van der Waals surface area contributed by atoms with E-state index in [0.29, 0.717) is 12.5 Å². The Labute approximate surface area is 119 Å². The molecule has 102 valence electrons. The average molecular weight is 278 g/mol. The number of rotatable bonds is 6. The van der Waals surface area contributed by atoms with Crippen molar-refractivity contribution in [2.24, 2.45) is 5.92 Å². The van der Waals surface area contributed by atoms with Gasteiger partial charge in [0.05, 0.1) is 0 Å². The molecule has 0 fully saturated rings. The van der Waals surface area contributed by atoms with E-state index in [0.717, 1.165) is 34.6 Å². The molecule has 2 rings (SSSR count). The molecular formula is C16H20ClNO. The molecule has 0 saturated heterocycles. The van der Waals surface area contributed by atoms with Crippen LogP contribution in [0.25, 0.3) is 10.8 Å². The highest BCUT2D eigenvalue weighted by Crippen LogP contribution is 2.31. The van der Waals surface area contributed by atoms with Crippen LogP contribution in [0.4, 0.5) is 0 Å². The van der Waals surface area contributed by atoms with Gasteiger partial charge in [-0.2, -0.15) is 0 Å². The minimum atomic E-state index is 0.663. The predicted molar refractivity (Wildman–Crippen MR) is 82.2 cm³/mol. The summed E-state index contributed by atoms with van der Waals surface area (Å²) < 4.78 is 5.83. The van der Waals surface area contributed by atoms with Crippen LogP contribution in [0.2, 0.25) is 5.02 Å². The molecule has 0 bridgehead atoms. The lowest BCUT2D eigenvalue weighted by atomic mass is 10.1. The van der Waals surface area contributed by atoms with Crippen molar-refractivity contribution >= 4 is 22.4 Å². The first kappa shape index (κ1) is 14.2. The van der Waals surface area contributed by atoms with E-state index in [1.54, 1.807) is 0 Å². The highest BCUT2D eigenvalue weighted by Gasteiger charge is 2.04. The van der Waals surface area contributed by atoms with E-state index >= 15 is 0 Å². The molecule has 0 unspecified atom stereocenters. The molecule has 0 radical (unpaired) electrons. The Balaban J connectivity index is 1.99. The van der Waals surface area contributed by atoms with Gasteiger partial charge < -0.3 is 10.1 Å². The quantitative estimate of drug-likeness (QED) is 0.802. The minimum absolute atomic E-state index is 0.663. The molecule has 0 heterocycles. The summed E-state index contributed by atoms with van der Waals surface area (Å²) in [4.78, 5) is 0. The van der Waals surface area contributed by atoms with Gasteiger partial charge >= 0.3 is 0 Å². The summed E-state index contributed by atoms with van der Waals surface area (Å²) in [6.07, 6.45) is 0. The lowest BCUT2D eigenvalue weighted by Crippen LogP contribution is -2.24. The minimum Gasteiger partial charge on any atom is -0.492 e. The zero-order valence-corrected chi connectivity index (χ0v) is 12.2. The molecule has 0 saturated carbocycles. The van der Waals surface area contributed by atoms with Crippen LogP contribution in [-0.4, -0.2) is 19.7 Å². The maximum Gasteiger partial charge on any atom is 0.127 e. The van der Waals surface area contributed by atoms with Crippen LogP contribution in [-0.2, 0) is 0 Å². The van der Waals surface area contributed by atoms with E-state index in [9.17, 15) is 0 Å². The van der Waals surface area contributed by atoms with Crippen molar-refractivity contribution in [3.8, 4) is 5.75 Å². The number of hydrogen-bond donors (Lipinski definition) is 1. The van der Waals surface area contributed by atoms with Crippen molar-refractivity contribution in [3.63, 3.8) is 0 Å². The zero-order valence-electron chi connectivity index (χ0n) is 11.4. The molecule has 2 aromatic rings. The Morgan fingerprint density at radius 2 is 1.84 bits per heavy atom. The van der Waals surface area contributed by atoms with E-state index in [4.69, 9.17) is 16.3 Å². The van der Waals surface area contributed by atoms with Gasteiger partial charge in [-0.15, -0.1) is 0 Å². The second-order valence-electron chi connectivity index (χ2n) is 5.04. The Morgan fingerprint density at radius 3 is 2.58 bits per heavy atom. The van der Waals surface area contributed by atoms with Crippen LogP contribution in [0.3, 0.4) is 0 Å². The van der Waals surface area contributed by atoms with Crippen molar-refractivity contribution in [1.29, 1.82) is 0 Å². The van der Waals surface area contributed by atoms with Gasteiger partial charge in [0.1, 0.15) is 12.4 Å². The van der Waals surface area contributed by atoms with Crippen molar-refractivity contribution < 1.29 is 4.74 Å². The first-order chi connectivity index (χ1) is 9.18. The van der Waals surface area contributed by atoms with Gasteiger partial charge in [0, 0.05) is 22.3 Å². The van der Waals surface area contributed by atoms with Crippen LogP contribution in [0, 0.1) is 5.92 Å². The Morgan fingerprint density at radius 1 is 1.11 bits per heavy atom. The number of hydrogen-bond acceptors (Lipinski definition) is 2. The summed E-state index contributed by atoms with van der Waals surface area (Å²) >= 11 is 6.18. The van der Waals surface area contributed by atoms with Gasteiger partial charge in [-0.3, -0.25) is 0 Å². The molecule has 2 nitrogen and oxygen atoms in total. The highest BCUT2D eigenvalue weighted by molar-refractivity contribution is 6.35. The van der Waals surface area contributed by atoms with Crippen molar-refractivity contribution in [2.75, 3.05) is 19.7 Å². The smallest absolute Gasteiger partial charge is 0.127 e. The Kier molecular flexibility index (Phi) is 5.06. The number of fused-ring (bicyclic) bond motifs is 1. The van der Waals surface area contributed by atoms with Crippen molar-refractivity contribution in [1.82, 2.24) is 5.32 Å². The van der Waals surface area contributed by atoms with Crippen LogP contribution >= 0.6 is 11.6 Å². The fourth-order valence-electron chi connectivity index (χ4n) is 1.98. The molecule has 0 aliphatic rings. The second-order valence-corrected chi connectivity index (χ2v) is 5.44. The van der Waals surface area contributed by atoms with E-state index in [-0.39, 0.29) is 0 Å². The lowest BCUT2D eigenvalue weighted by molar-refractivity contribution is 0.314. The molecule has 0 spiro atoms. The molecule has 0 aromatic heterocycles. The van der Waals surface area contributed by atoms with Gasteiger partial charge in [0.25, 0.3) is 0 Å². The highest BCUT2D eigenvalue weighted by atomic mass is 35.5. The normalized spacial score (nSPS) is 11.2. The molecule has 0 aliphatic heterocycles. The Bertz CT molecular complexity index is 539. The van der Waals surface area contributed by atoms with Crippen molar-refractivity contribution in [2.45, 2.75) is 13.8 Å². The van der Waals surface area contributed by atoms with Gasteiger partial charge in [0.2, 0.25) is 0 Å². The summed E-state index contributed by atoms with van der Waals surface area (Å²) in [5, 5.41) is 6.24. The zero-order chi connectivity index (χ0) is 13.7. The maximum atomic E-state index is 6.18. The molecule has 1 N–H and O–H groups in total. The summed E-state index contributed by atoms with van der Waals surface area (Å²) in [7, 11) is 0. The fourth-order valence-corrected chi connectivity index (χ4v) is 2.21. The largest absolute Gasteiger partial charge is 0.492 e. The van der Waals surface area contributed by atoms with Gasteiger partial charge in [-0.05, 0) is 24.6 Å². The SMILES string of the molecule is CC(C)CNCCOc1ccc(Cl)c2ccccc12. The molecule has 0 atom stereocenters. The number of halogens is 1. The summed E-state index contributed by atoms with van der Waals surface area (Å²) in [5.74, 6) is 1.56. The maximum absolute atomic E-state index is 6.18. The molecular weight excluding hydrogens is 258 g/mol. The topological polar surface area (TPSA) is 21.3 Å². The van der Waals surface area contributed by atoms with Crippen molar-refractivity contribution in [3.05, 3.63) is 41.4 Å². The van der Waals surface area contributed by atoms with Crippen LogP contribution in [0.5, 0.6) is 5.75 Å². The molecule has 0 aliphatic carbocycles. The van der Waals surface area contributed by atoms with E-state index < -0.39 is 0 Å². The molecule has 3 heteroatoms. The fraction of sp³-hybridized carbons (Fsp3) is 0.375. The second kappa shape index (κ2) is 6.78. The summed E-state index contributed by atoms with van der Waals surface area (Å²) in [6.45, 7) is 6.93. The number of nitrogens with one attached hydrogen (secondary N) is 1. The van der Waals surface area contributed by atoms with Gasteiger partial charge in [-0.1, -0.05) is 49.7 Å². The summed E-state index contributed by atoms with van der Waals surface area (Å²) in [6, 6.07) is 11.9. The third kappa shape index (κ3) is 3.85. The Hall–Kier alpha value is -1.25. The molecule has 2 aromatic carbocycles. The molecule has 0 amide bonds. The van der Waals surface area contributed by atoms with E-state index in [1.165, 1.54) is 0 Å². The summed E-state index contributed by atoms with van der Waals surface area (Å²) in [5.41, 5.74) is 0. The van der Waals surface area contributed by atoms with Crippen LogP contribution < -0.4 is 10.1 Å². The standard InChI is InChI=1S/C16H20ClNO/c1-12(2)11-18-9-10-19-16-8-7-15(17)13-5-3-4-6-14(13)16/h3-8,12,18H,9-11H2,1-2H3. The monoisotopic (exact) mass is 277 g/mol. The third-order valence-corrected chi connectivity index (χ3v) is 3.25. The first-order valence-electron chi connectivity index (χ1n) is 6.69. The van der Waals surface area contributed by atoms with Gasteiger partial charge in [0.15, 0.2) is 0 Å². The van der Waals surface area contributed by atoms with E-state index in [1.807, 2.05) is 36.4 Å². The number of benzene rings is 2. The van der Waals surface area contributed by atoms with Crippen LogP contribution in [0.15, 0.2) is 36.4 Å². The third-order valence-electron chi connectivity index (χ3n) is 2.92. The first-order valence-corrected chi connectivity index (χ1v) is 7.07. The number of ether oxygens (including phenoxy) is 1. The van der Waals surface area contributed by atoms with E-state index in [2.05, 4.69) is 19.2 Å². The average Bonchev–Trinajstić information content (AvgIpc) is 2.41. The predicted octanol–water partition coefficient (Wildman–Crippen LogP) is 4.12. The van der Waals surface area contributed by atoms with Gasteiger partial charge in [-0.25, -0.2) is 0 Å². The van der Waals surface area contributed by atoms with Crippen LogP contribution in [0.1, 0.15) is 13.8 Å². The lowest BCUT2D eigenvalue weighted by Gasteiger charge is -2.11. The molecule has 19 heavy (non-hydrogen) atoms.